The molecule has 1 unspecified atom stereocenters. The number of nitrogens with zero attached hydrogens (tertiary/aromatic N) is 1. The highest BCUT2D eigenvalue weighted by atomic mass is 16.5. The SMILES string of the molecule is CCCOc1cncc(C(NC)C(C)C)c1. The van der Waals surface area contributed by atoms with Crippen molar-refractivity contribution in [3.05, 3.63) is 24.0 Å². The summed E-state index contributed by atoms with van der Waals surface area (Å²) in [5.74, 6) is 1.40. The van der Waals surface area contributed by atoms with Crippen LogP contribution in [0.1, 0.15) is 38.8 Å². The third-order valence-electron chi connectivity index (χ3n) is 2.54. The first-order valence-corrected chi connectivity index (χ1v) is 5.94. The maximum atomic E-state index is 5.58. The molecule has 0 aliphatic carbocycles. The van der Waals surface area contributed by atoms with E-state index in [0.29, 0.717) is 12.0 Å². The van der Waals surface area contributed by atoms with Crippen LogP contribution in [-0.2, 0) is 0 Å². The number of rotatable bonds is 6. The minimum absolute atomic E-state index is 0.331. The highest BCUT2D eigenvalue weighted by Crippen LogP contribution is 2.23. The molecule has 0 aliphatic rings. The fraction of sp³-hybridized carbons (Fsp3) is 0.615. The Bertz CT molecular complexity index is 313. The molecule has 0 radical (unpaired) electrons. The quantitative estimate of drug-likeness (QED) is 0.803. The van der Waals surface area contributed by atoms with Crippen molar-refractivity contribution in [1.82, 2.24) is 10.3 Å². The number of ether oxygens (including phenoxy) is 1. The van der Waals surface area contributed by atoms with Gasteiger partial charge in [0.25, 0.3) is 0 Å². The molecule has 0 spiro atoms. The Morgan fingerprint density at radius 1 is 1.38 bits per heavy atom. The molecular formula is C13H22N2O. The highest BCUT2D eigenvalue weighted by Gasteiger charge is 2.14. The Labute approximate surface area is 98.2 Å². The first-order chi connectivity index (χ1) is 7.69. The van der Waals surface area contributed by atoms with Gasteiger partial charge >= 0.3 is 0 Å². The molecule has 1 rings (SSSR count). The van der Waals surface area contributed by atoms with Crippen molar-refractivity contribution in [2.45, 2.75) is 33.2 Å². The molecule has 16 heavy (non-hydrogen) atoms. The first-order valence-electron chi connectivity index (χ1n) is 5.94. The van der Waals surface area contributed by atoms with Crippen molar-refractivity contribution >= 4 is 0 Å². The van der Waals surface area contributed by atoms with Gasteiger partial charge in [0, 0.05) is 12.2 Å². The minimum atomic E-state index is 0.331. The second kappa shape index (κ2) is 6.48. The number of pyridine rings is 1. The van der Waals surface area contributed by atoms with Crippen LogP contribution < -0.4 is 10.1 Å². The maximum Gasteiger partial charge on any atom is 0.137 e. The van der Waals surface area contributed by atoms with Gasteiger partial charge in [0.1, 0.15) is 5.75 Å². The van der Waals surface area contributed by atoms with Gasteiger partial charge in [-0.3, -0.25) is 4.98 Å². The van der Waals surface area contributed by atoms with Crippen molar-refractivity contribution in [3.8, 4) is 5.75 Å². The Morgan fingerprint density at radius 3 is 2.69 bits per heavy atom. The molecule has 0 saturated heterocycles. The molecule has 0 bridgehead atoms. The topological polar surface area (TPSA) is 34.1 Å². The van der Waals surface area contributed by atoms with E-state index in [1.54, 1.807) is 6.20 Å². The van der Waals surface area contributed by atoms with Gasteiger partial charge in [0.05, 0.1) is 12.8 Å². The summed E-state index contributed by atoms with van der Waals surface area (Å²) >= 11 is 0. The molecule has 1 N–H and O–H groups in total. The van der Waals surface area contributed by atoms with Crippen LogP contribution in [0.3, 0.4) is 0 Å². The average molecular weight is 222 g/mol. The minimum Gasteiger partial charge on any atom is -0.492 e. The predicted octanol–water partition coefficient (Wildman–Crippen LogP) is 2.79. The first kappa shape index (κ1) is 13.0. The number of nitrogens with one attached hydrogen (secondary N) is 1. The molecule has 3 nitrogen and oxygen atoms in total. The highest BCUT2D eigenvalue weighted by molar-refractivity contribution is 5.26. The van der Waals surface area contributed by atoms with E-state index in [2.05, 4.69) is 37.1 Å². The zero-order chi connectivity index (χ0) is 12.0. The lowest BCUT2D eigenvalue weighted by molar-refractivity contribution is 0.315. The molecule has 1 aromatic heterocycles. The summed E-state index contributed by atoms with van der Waals surface area (Å²) in [5.41, 5.74) is 1.19. The molecule has 0 saturated carbocycles. The van der Waals surface area contributed by atoms with Gasteiger partial charge in [-0.25, -0.2) is 0 Å². The third kappa shape index (κ3) is 3.49. The second-order valence-corrected chi connectivity index (χ2v) is 4.31. The Hall–Kier alpha value is -1.09. The molecular weight excluding hydrogens is 200 g/mol. The molecule has 1 heterocycles. The predicted molar refractivity (Wildman–Crippen MR) is 66.7 cm³/mol. The molecule has 90 valence electrons. The van der Waals surface area contributed by atoms with Crippen LogP contribution in [0.4, 0.5) is 0 Å². The van der Waals surface area contributed by atoms with E-state index in [1.165, 1.54) is 5.56 Å². The fourth-order valence-corrected chi connectivity index (χ4v) is 1.79. The Kier molecular flexibility index (Phi) is 5.26. The van der Waals surface area contributed by atoms with E-state index in [0.717, 1.165) is 18.8 Å². The smallest absolute Gasteiger partial charge is 0.137 e. The van der Waals surface area contributed by atoms with Gasteiger partial charge in [0.2, 0.25) is 0 Å². The van der Waals surface area contributed by atoms with Crippen molar-refractivity contribution in [2.75, 3.05) is 13.7 Å². The van der Waals surface area contributed by atoms with E-state index in [-0.39, 0.29) is 0 Å². The summed E-state index contributed by atoms with van der Waals surface area (Å²) in [5, 5.41) is 3.31. The maximum absolute atomic E-state index is 5.58. The summed E-state index contributed by atoms with van der Waals surface area (Å²) in [4.78, 5) is 4.22. The van der Waals surface area contributed by atoms with E-state index in [1.807, 2.05) is 13.2 Å². The fourth-order valence-electron chi connectivity index (χ4n) is 1.79. The van der Waals surface area contributed by atoms with E-state index in [4.69, 9.17) is 4.74 Å². The van der Waals surface area contributed by atoms with Crippen molar-refractivity contribution in [2.24, 2.45) is 5.92 Å². The van der Waals surface area contributed by atoms with Crippen LogP contribution in [-0.4, -0.2) is 18.6 Å². The lowest BCUT2D eigenvalue weighted by atomic mass is 9.98. The van der Waals surface area contributed by atoms with Gasteiger partial charge in [-0.2, -0.15) is 0 Å². The molecule has 0 aliphatic heterocycles. The molecule has 3 heteroatoms. The van der Waals surface area contributed by atoms with Crippen LogP contribution in [0.5, 0.6) is 5.75 Å². The molecule has 0 amide bonds. The van der Waals surface area contributed by atoms with Gasteiger partial charge in [-0.1, -0.05) is 20.8 Å². The summed E-state index contributed by atoms with van der Waals surface area (Å²) in [7, 11) is 1.98. The van der Waals surface area contributed by atoms with Crippen molar-refractivity contribution < 1.29 is 4.74 Å². The summed E-state index contributed by atoms with van der Waals surface area (Å²) in [6, 6.07) is 2.40. The zero-order valence-corrected chi connectivity index (χ0v) is 10.7. The lowest BCUT2D eigenvalue weighted by Gasteiger charge is -2.20. The van der Waals surface area contributed by atoms with Gasteiger partial charge in [-0.05, 0) is 31.0 Å². The van der Waals surface area contributed by atoms with Crippen LogP contribution >= 0.6 is 0 Å². The number of hydrogen-bond acceptors (Lipinski definition) is 3. The molecule has 1 atom stereocenters. The average Bonchev–Trinajstić information content (AvgIpc) is 2.27. The van der Waals surface area contributed by atoms with Crippen molar-refractivity contribution in [3.63, 3.8) is 0 Å². The molecule has 0 fully saturated rings. The number of aromatic nitrogens is 1. The molecule has 0 aromatic carbocycles. The van der Waals surface area contributed by atoms with E-state index in [9.17, 15) is 0 Å². The largest absolute Gasteiger partial charge is 0.492 e. The zero-order valence-electron chi connectivity index (χ0n) is 10.7. The van der Waals surface area contributed by atoms with Crippen LogP contribution in [0.15, 0.2) is 18.5 Å². The van der Waals surface area contributed by atoms with Crippen molar-refractivity contribution in [1.29, 1.82) is 0 Å². The summed E-state index contributed by atoms with van der Waals surface area (Å²) in [6.07, 6.45) is 4.69. The van der Waals surface area contributed by atoms with Gasteiger partial charge in [-0.15, -0.1) is 0 Å². The van der Waals surface area contributed by atoms with E-state index < -0.39 is 0 Å². The van der Waals surface area contributed by atoms with Crippen LogP contribution in [0, 0.1) is 5.92 Å². The van der Waals surface area contributed by atoms with E-state index >= 15 is 0 Å². The normalized spacial score (nSPS) is 12.8. The van der Waals surface area contributed by atoms with Gasteiger partial charge < -0.3 is 10.1 Å². The van der Waals surface area contributed by atoms with Crippen LogP contribution in [0.2, 0.25) is 0 Å². The summed E-state index contributed by atoms with van der Waals surface area (Å²) in [6.45, 7) is 7.24. The Balaban J connectivity index is 2.79. The molecule has 1 aromatic rings. The Morgan fingerprint density at radius 2 is 2.12 bits per heavy atom. The lowest BCUT2D eigenvalue weighted by Crippen LogP contribution is -2.21. The van der Waals surface area contributed by atoms with Crippen LogP contribution in [0.25, 0.3) is 0 Å². The standard InChI is InChI=1S/C13H22N2O/c1-5-6-16-12-7-11(8-15-9-12)13(14-4)10(2)3/h7-10,13-14H,5-6H2,1-4H3. The number of hydrogen-bond donors (Lipinski definition) is 1. The second-order valence-electron chi connectivity index (χ2n) is 4.31. The summed E-state index contributed by atoms with van der Waals surface area (Å²) < 4.78 is 5.58. The van der Waals surface area contributed by atoms with Gasteiger partial charge in [0.15, 0.2) is 0 Å². The monoisotopic (exact) mass is 222 g/mol. The third-order valence-corrected chi connectivity index (χ3v) is 2.54.